The molecule has 0 saturated carbocycles. The Labute approximate surface area is 223 Å². The summed E-state index contributed by atoms with van der Waals surface area (Å²) >= 11 is 0. The molecule has 3 aromatic rings. The van der Waals surface area contributed by atoms with Gasteiger partial charge in [-0.15, -0.1) is 0 Å². The maximum atomic E-state index is 13.1. The van der Waals surface area contributed by atoms with Crippen LogP contribution in [0, 0.1) is 0 Å². The monoisotopic (exact) mass is 513 g/mol. The van der Waals surface area contributed by atoms with Gasteiger partial charge < -0.3 is 24.8 Å². The molecule has 0 atom stereocenters. The summed E-state index contributed by atoms with van der Waals surface area (Å²) in [5.41, 5.74) is 4.68. The second-order valence-electron chi connectivity index (χ2n) is 10.1. The Kier molecular flexibility index (Phi) is 7.46. The molecule has 3 aliphatic rings. The molecule has 0 aliphatic carbocycles. The number of nitrogens with zero attached hydrogens (tertiary/aromatic N) is 6. The summed E-state index contributed by atoms with van der Waals surface area (Å²) in [7, 11) is 0. The third-order valence-electron chi connectivity index (χ3n) is 7.64. The molecule has 198 valence electrons. The van der Waals surface area contributed by atoms with E-state index in [0.29, 0.717) is 31.3 Å². The molecule has 3 aliphatic heterocycles. The fourth-order valence-corrected chi connectivity index (χ4v) is 5.58. The van der Waals surface area contributed by atoms with Gasteiger partial charge in [0.15, 0.2) is 0 Å². The standard InChI is InChI=1S/C29H35N7O2/c37-28(31-12-16-34-13-2-1-3-14-34)23-6-4-5-22(21-23)26-25-9-15-36(24-7-10-30-11-8-24)27(25)33-29(32-26)35-17-19-38-20-18-35/h4-8,10-11,21H,1-3,9,12-20H2,(H,31,37). The average Bonchev–Trinajstić information content (AvgIpc) is 3.42. The number of rotatable bonds is 7. The number of morpholine rings is 1. The van der Waals surface area contributed by atoms with Crippen molar-refractivity contribution in [3.8, 4) is 11.3 Å². The van der Waals surface area contributed by atoms with E-state index in [1.54, 1.807) is 0 Å². The molecule has 1 amide bonds. The van der Waals surface area contributed by atoms with Crippen molar-refractivity contribution in [1.82, 2.24) is 25.2 Å². The Balaban J connectivity index is 1.28. The van der Waals surface area contributed by atoms with Crippen molar-refractivity contribution >= 4 is 23.4 Å². The first-order chi connectivity index (χ1) is 18.8. The molecular weight excluding hydrogens is 478 g/mol. The van der Waals surface area contributed by atoms with E-state index >= 15 is 0 Å². The number of piperidine rings is 1. The largest absolute Gasteiger partial charge is 0.378 e. The van der Waals surface area contributed by atoms with Crippen LogP contribution in [0.2, 0.25) is 0 Å². The highest BCUT2D eigenvalue weighted by atomic mass is 16.5. The Morgan fingerprint density at radius 3 is 2.58 bits per heavy atom. The lowest BCUT2D eigenvalue weighted by Gasteiger charge is -2.28. The van der Waals surface area contributed by atoms with Gasteiger partial charge in [0.1, 0.15) is 5.82 Å². The van der Waals surface area contributed by atoms with E-state index in [1.807, 2.05) is 48.8 Å². The second-order valence-corrected chi connectivity index (χ2v) is 10.1. The minimum absolute atomic E-state index is 0.0404. The third kappa shape index (κ3) is 5.35. The summed E-state index contributed by atoms with van der Waals surface area (Å²) in [6.45, 7) is 7.49. The average molecular weight is 514 g/mol. The smallest absolute Gasteiger partial charge is 0.251 e. The number of carbonyl (C=O) groups excluding carboxylic acids is 1. The van der Waals surface area contributed by atoms with Gasteiger partial charge in [0.25, 0.3) is 5.91 Å². The van der Waals surface area contributed by atoms with E-state index in [0.717, 1.165) is 74.0 Å². The first-order valence-electron chi connectivity index (χ1n) is 13.8. The zero-order chi connectivity index (χ0) is 25.7. The van der Waals surface area contributed by atoms with Crippen molar-refractivity contribution in [3.63, 3.8) is 0 Å². The van der Waals surface area contributed by atoms with Crippen LogP contribution >= 0.6 is 0 Å². The third-order valence-corrected chi connectivity index (χ3v) is 7.64. The maximum Gasteiger partial charge on any atom is 0.251 e. The molecule has 5 heterocycles. The fourth-order valence-electron chi connectivity index (χ4n) is 5.58. The van der Waals surface area contributed by atoms with Crippen molar-refractivity contribution in [2.24, 2.45) is 0 Å². The Bertz CT molecular complexity index is 1260. The molecule has 9 nitrogen and oxygen atoms in total. The number of aromatic nitrogens is 3. The molecule has 9 heteroatoms. The van der Waals surface area contributed by atoms with Crippen LogP contribution in [0.15, 0.2) is 48.8 Å². The number of likely N-dealkylation sites (tertiary alicyclic amines) is 1. The van der Waals surface area contributed by atoms with E-state index in [-0.39, 0.29) is 5.91 Å². The molecule has 0 spiro atoms. The van der Waals surface area contributed by atoms with Gasteiger partial charge in [-0.05, 0) is 56.6 Å². The lowest BCUT2D eigenvalue weighted by atomic mass is 10.0. The van der Waals surface area contributed by atoms with Crippen LogP contribution in [0.5, 0.6) is 0 Å². The van der Waals surface area contributed by atoms with Gasteiger partial charge in [-0.2, -0.15) is 4.98 Å². The highest BCUT2D eigenvalue weighted by molar-refractivity contribution is 5.95. The van der Waals surface area contributed by atoms with Gasteiger partial charge in [0.2, 0.25) is 5.95 Å². The summed E-state index contributed by atoms with van der Waals surface area (Å²) in [4.78, 5) is 34.2. The number of fused-ring (bicyclic) bond motifs is 1. The quantitative estimate of drug-likeness (QED) is 0.515. The molecule has 0 bridgehead atoms. The number of amides is 1. The van der Waals surface area contributed by atoms with Gasteiger partial charge >= 0.3 is 0 Å². The lowest BCUT2D eigenvalue weighted by Crippen LogP contribution is -2.37. The van der Waals surface area contributed by atoms with Crippen LogP contribution in [-0.4, -0.2) is 84.8 Å². The topological polar surface area (TPSA) is 86.7 Å². The SMILES string of the molecule is O=C(NCCN1CCCCC1)c1cccc(-c2nc(N3CCOCC3)nc3c2CCN3c2ccncc2)c1. The Morgan fingerprint density at radius 2 is 1.76 bits per heavy atom. The number of pyridine rings is 1. The van der Waals surface area contributed by atoms with E-state index < -0.39 is 0 Å². The van der Waals surface area contributed by atoms with Crippen molar-refractivity contribution in [2.75, 3.05) is 68.8 Å². The Morgan fingerprint density at radius 1 is 0.947 bits per heavy atom. The van der Waals surface area contributed by atoms with Crippen LogP contribution < -0.4 is 15.1 Å². The van der Waals surface area contributed by atoms with E-state index in [4.69, 9.17) is 14.7 Å². The van der Waals surface area contributed by atoms with E-state index in [9.17, 15) is 4.79 Å². The lowest BCUT2D eigenvalue weighted by molar-refractivity contribution is 0.0946. The molecule has 0 radical (unpaired) electrons. The van der Waals surface area contributed by atoms with Crippen molar-refractivity contribution in [3.05, 3.63) is 59.9 Å². The van der Waals surface area contributed by atoms with Gasteiger partial charge in [-0.3, -0.25) is 9.78 Å². The number of nitrogens with one attached hydrogen (secondary N) is 1. The predicted octanol–water partition coefficient (Wildman–Crippen LogP) is 3.29. The minimum Gasteiger partial charge on any atom is -0.378 e. The normalized spacial score (nSPS) is 17.9. The van der Waals surface area contributed by atoms with E-state index in [2.05, 4.69) is 25.0 Å². The number of hydrogen-bond donors (Lipinski definition) is 1. The number of carbonyl (C=O) groups is 1. The van der Waals surface area contributed by atoms with Crippen molar-refractivity contribution in [2.45, 2.75) is 25.7 Å². The summed E-state index contributed by atoms with van der Waals surface area (Å²) in [5, 5.41) is 3.12. The molecule has 2 aromatic heterocycles. The first kappa shape index (κ1) is 24.8. The van der Waals surface area contributed by atoms with Gasteiger partial charge in [0.05, 0.1) is 18.9 Å². The molecule has 6 rings (SSSR count). The molecule has 0 unspecified atom stereocenters. The molecule has 2 fully saturated rings. The number of anilines is 3. The van der Waals surface area contributed by atoms with E-state index in [1.165, 1.54) is 19.3 Å². The number of hydrogen-bond acceptors (Lipinski definition) is 8. The van der Waals surface area contributed by atoms with Gasteiger partial charge in [-0.25, -0.2) is 4.98 Å². The first-order valence-corrected chi connectivity index (χ1v) is 13.8. The van der Waals surface area contributed by atoms with Crippen molar-refractivity contribution in [1.29, 1.82) is 0 Å². The fraction of sp³-hybridized carbons (Fsp3) is 0.448. The van der Waals surface area contributed by atoms with Crippen LogP contribution in [0.1, 0.15) is 35.2 Å². The molecule has 38 heavy (non-hydrogen) atoms. The zero-order valence-corrected chi connectivity index (χ0v) is 21.8. The van der Waals surface area contributed by atoms with Crippen LogP contribution in [0.25, 0.3) is 11.3 Å². The molecular formula is C29H35N7O2. The molecule has 2 saturated heterocycles. The predicted molar refractivity (Wildman–Crippen MR) is 148 cm³/mol. The minimum atomic E-state index is -0.0404. The van der Waals surface area contributed by atoms with Gasteiger partial charge in [-0.1, -0.05) is 18.6 Å². The number of ether oxygens (including phenoxy) is 1. The maximum absolute atomic E-state index is 13.1. The van der Waals surface area contributed by atoms with Crippen molar-refractivity contribution < 1.29 is 9.53 Å². The summed E-state index contributed by atoms with van der Waals surface area (Å²) in [5.74, 6) is 1.60. The highest BCUT2D eigenvalue weighted by Gasteiger charge is 2.29. The Hall–Kier alpha value is -3.56. The van der Waals surface area contributed by atoms with Gasteiger partial charge in [0, 0.05) is 67.5 Å². The molecule has 1 N–H and O–H groups in total. The summed E-state index contributed by atoms with van der Waals surface area (Å²) in [6, 6.07) is 11.9. The zero-order valence-electron chi connectivity index (χ0n) is 21.8. The van der Waals surface area contributed by atoms with Crippen LogP contribution in [-0.2, 0) is 11.2 Å². The second kappa shape index (κ2) is 11.4. The molecule has 1 aromatic carbocycles. The van der Waals surface area contributed by atoms with Crippen LogP contribution in [0.4, 0.5) is 17.5 Å². The summed E-state index contributed by atoms with van der Waals surface area (Å²) < 4.78 is 5.57. The number of benzene rings is 1. The van der Waals surface area contributed by atoms with Crippen LogP contribution in [0.3, 0.4) is 0 Å². The highest BCUT2D eigenvalue weighted by Crippen LogP contribution is 2.39. The summed E-state index contributed by atoms with van der Waals surface area (Å²) in [6.07, 6.45) is 8.28.